The van der Waals surface area contributed by atoms with Crippen LogP contribution in [0, 0.1) is 13.8 Å². The normalized spacial score (nSPS) is 10.2. The number of anilines is 1. The molecule has 1 N–H and O–H groups in total. The van der Waals surface area contributed by atoms with Crippen LogP contribution < -0.4 is 5.32 Å². The van der Waals surface area contributed by atoms with Crippen LogP contribution in [-0.4, -0.2) is 5.91 Å². The predicted molar refractivity (Wildman–Crippen MR) is 75.3 cm³/mol. The number of hydrogen-bond acceptors (Lipinski definition) is 1. The molecule has 2 rings (SSSR count). The summed E-state index contributed by atoms with van der Waals surface area (Å²) in [6.07, 6.45) is 0. The van der Waals surface area contributed by atoms with E-state index in [1.54, 1.807) is 12.1 Å². The Morgan fingerprint density at radius 3 is 2.28 bits per heavy atom. The van der Waals surface area contributed by atoms with Gasteiger partial charge in [-0.25, -0.2) is 0 Å². The summed E-state index contributed by atoms with van der Waals surface area (Å²) in [4.78, 5) is 12.1. The number of amides is 1. The molecule has 0 heterocycles. The molecule has 0 atom stereocenters. The lowest BCUT2D eigenvalue weighted by Crippen LogP contribution is -2.12. The van der Waals surface area contributed by atoms with E-state index in [4.69, 9.17) is 11.6 Å². The minimum atomic E-state index is -0.144. The molecule has 0 radical (unpaired) electrons. The van der Waals surface area contributed by atoms with Gasteiger partial charge in [0.2, 0.25) is 0 Å². The molecule has 92 valence electrons. The quantitative estimate of drug-likeness (QED) is 0.860. The largest absolute Gasteiger partial charge is 0.321 e. The Bertz CT molecular complexity index is 573. The molecule has 0 saturated carbocycles. The van der Waals surface area contributed by atoms with Gasteiger partial charge < -0.3 is 5.32 Å². The van der Waals surface area contributed by atoms with Crippen LogP contribution in [0.15, 0.2) is 42.5 Å². The molecule has 0 aromatic heterocycles. The first-order valence-corrected chi connectivity index (χ1v) is 6.08. The Hall–Kier alpha value is -1.80. The van der Waals surface area contributed by atoms with E-state index in [0.717, 1.165) is 11.1 Å². The van der Waals surface area contributed by atoms with Gasteiger partial charge in [0.15, 0.2) is 0 Å². The summed E-state index contributed by atoms with van der Waals surface area (Å²) < 4.78 is 0. The van der Waals surface area contributed by atoms with E-state index in [9.17, 15) is 4.79 Å². The highest BCUT2D eigenvalue weighted by Gasteiger charge is 2.08. The molecule has 0 fully saturated rings. The van der Waals surface area contributed by atoms with Gasteiger partial charge in [0.25, 0.3) is 5.91 Å². The van der Waals surface area contributed by atoms with Crippen molar-refractivity contribution in [1.29, 1.82) is 0 Å². The third-order valence-corrected chi connectivity index (χ3v) is 2.94. The monoisotopic (exact) mass is 259 g/mol. The lowest BCUT2D eigenvalue weighted by atomic mass is 10.1. The number of halogens is 1. The van der Waals surface area contributed by atoms with Crippen LogP contribution in [-0.2, 0) is 0 Å². The number of hydrogen-bond donors (Lipinski definition) is 1. The van der Waals surface area contributed by atoms with Crippen LogP contribution in [0.4, 0.5) is 5.69 Å². The van der Waals surface area contributed by atoms with E-state index >= 15 is 0 Å². The van der Waals surface area contributed by atoms with E-state index in [0.29, 0.717) is 16.3 Å². The maximum Gasteiger partial charge on any atom is 0.255 e. The maximum atomic E-state index is 12.1. The fourth-order valence-electron chi connectivity index (χ4n) is 1.86. The third-order valence-electron chi connectivity index (χ3n) is 2.61. The zero-order valence-corrected chi connectivity index (χ0v) is 11.1. The van der Waals surface area contributed by atoms with Crippen LogP contribution in [0.25, 0.3) is 0 Å². The van der Waals surface area contributed by atoms with Crippen molar-refractivity contribution in [3.63, 3.8) is 0 Å². The Morgan fingerprint density at radius 2 is 1.67 bits per heavy atom. The van der Waals surface area contributed by atoms with Crippen molar-refractivity contribution in [2.45, 2.75) is 13.8 Å². The molecule has 0 aliphatic carbocycles. The van der Waals surface area contributed by atoms with Crippen molar-refractivity contribution in [1.82, 2.24) is 0 Å². The van der Waals surface area contributed by atoms with Crippen molar-refractivity contribution in [2.24, 2.45) is 0 Å². The van der Waals surface area contributed by atoms with Gasteiger partial charge in [-0.3, -0.25) is 4.79 Å². The van der Waals surface area contributed by atoms with Crippen LogP contribution in [0.3, 0.4) is 0 Å². The van der Waals surface area contributed by atoms with Gasteiger partial charge in [-0.1, -0.05) is 40.9 Å². The average molecular weight is 260 g/mol. The number of nitrogens with one attached hydrogen (secondary N) is 1. The minimum Gasteiger partial charge on any atom is -0.321 e. The van der Waals surface area contributed by atoms with Gasteiger partial charge in [-0.15, -0.1) is 0 Å². The van der Waals surface area contributed by atoms with Crippen molar-refractivity contribution >= 4 is 23.2 Å². The van der Waals surface area contributed by atoms with E-state index in [-0.39, 0.29) is 5.91 Å². The van der Waals surface area contributed by atoms with Gasteiger partial charge in [0, 0.05) is 5.56 Å². The molecule has 2 aromatic rings. The number of carbonyl (C=O) groups excluding carboxylic acids is 1. The number of carbonyl (C=O) groups is 1. The van der Waals surface area contributed by atoms with Gasteiger partial charge in [-0.05, 0) is 38.1 Å². The molecular weight excluding hydrogens is 246 g/mol. The van der Waals surface area contributed by atoms with E-state index < -0.39 is 0 Å². The first-order valence-electron chi connectivity index (χ1n) is 5.70. The lowest BCUT2D eigenvalue weighted by molar-refractivity contribution is 0.102. The van der Waals surface area contributed by atoms with Crippen LogP contribution in [0.5, 0.6) is 0 Å². The van der Waals surface area contributed by atoms with Crippen molar-refractivity contribution in [3.05, 3.63) is 64.2 Å². The van der Waals surface area contributed by atoms with E-state index in [2.05, 4.69) is 5.32 Å². The third kappa shape index (κ3) is 2.90. The molecule has 0 saturated heterocycles. The lowest BCUT2D eigenvalue weighted by Gasteiger charge is -2.08. The van der Waals surface area contributed by atoms with Gasteiger partial charge in [0.05, 0.1) is 10.7 Å². The Labute approximate surface area is 112 Å². The second kappa shape index (κ2) is 5.23. The van der Waals surface area contributed by atoms with Crippen molar-refractivity contribution in [2.75, 3.05) is 5.32 Å². The molecule has 1 amide bonds. The second-order valence-electron chi connectivity index (χ2n) is 4.31. The molecule has 0 aliphatic rings. The smallest absolute Gasteiger partial charge is 0.255 e. The molecule has 0 bridgehead atoms. The maximum absolute atomic E-state index is 12.1. The summed E-state index contributed by atoms with van der Waals surface area (Å²) in [7, 11) is 0. The van der Waals surface area contributed by atoms with E-state index in [1.165, 1.54) is 0 Å². The highest BCUT2D eigenvalue weighted by atomic mass is 35.5. The zero-order valence-electron chi connectivity index (χ0n) is 10.3. The summed E-state index contributed by atoms with van der Waals surface area (Å²) in [6, 6.07) is 12.9. The fourth-order valence-corrected chi connectivity index (χ4v) is 2.05. The zero-order chi connectivity index (χ0) is 13.1. The van der Waals surface area contributed by atoms with Gasteiger partial charge in [0.1, 0.15) is 0 Å². The number of rotatable bonds is 2. The molecule has 0 aliphatic heterocycles. The highest BCUT2D eigenvalue weighted by molar-refractivity contribution is 6.33. The predicted octanol–water partition coefficient (Wildman–Crippen LogP) is 4.21. The summed E-state index contributed by atoms with van der Waals surface area (Å²) in [5.41, 5.74) is 3.41. The first kappa shape index (κ1) is 12.7. The summed E-state index contributed by atoms with van der Waals surface area (Å²) >= 11 is 6.00. The first-order chi connectivity index (χ1) is 8.56. The molecule has 18 heavy (non-hydrogen) atoms. The SMILES string of the molecule is Cc1cc(C)cc(C(=O)Nc2ccccc2Cl)c1. The topological polar surface area (TPSA) is 29.1 Å². The second-order valence-corrected chi connectivity index (χ2v) is 4.72. The Kier molecular flexibility index (Phi) is 3.68. The standard InChI is InChI=1S/C15H14ClNO/c1-10-7-11(2)9-12(8-10)15(18)17-14-6-4-3-5-13(14)16/h3-9H,1-2H3,(H,17,18). The van der Waals surface area contributed by atoms with Crippen LogP contribution in [0.2, 0.25) is 5.02 Å². The van der Waals surface area contributed by atoms with Gasteiger partial charge >= 0.3 is 0 Å². The Balaban J connectivity index is 2.25. The van der Waals surface area contributed by atoms with Crippen molar-refractivity contribution < 1.29 is 4.79 Å². The number of benzene rings is 2. The minimum absolute atomic E-state index is 0.144. The fraction of sp³-hybridized carbons (Fsp3) is 0.133. The summed E-state index contributed by atoms with van der Waals surface area (Å²) in [5, 5.41) is 3.35. The summed E-state index contributed by atoms with van der Waals surface area (Å²) in [5.74, 6) is -0.144. The molecular formula is C15H14ClNO. The number of aryl methyl sites for hydroxylation is 2. The number of para-hydroxylation sites is 1. The molecule has 3 heteroatoms. The molecule has 0 unspecified atom stereocenters. The Morgan fingerprint density at radius 1 is 1.06 bits per heavy atom. The van der Waals surface area contributed by atoms with Crippen LogP contribution >= 0.6 is 11.6 Å². The highest BCUT2D eigenvalue weighted by Crippen LogP contribution is 2.21. The van der Waals surface area contributed by atoms with Crippen LogP contribution in [0.1, 0.15) is 21.5 Å². The van der Waals surface area contributed by atoms with Gasteiger partial charge in [-0.2, -0.15) is 0 Å². The van der Waals surface area contributed by atoms with E-state index in [1.807, 2.05) is 44.2 Å². The molecule has 2 nitrogen and oxygen atoms in total. The molecule has 2 aromatic carbocycles. The summed E-state index contributed by atoms with van der Waals surface area (Å²) in [6.45, 7) is 3.94. The average Bonchev–Trinajstić information content (AvgIpc) is 2.31. The van der Waals surface area contributed by atoms with Crippen molar-refractivity contribution in [3.8, 4) is 0 Å². The molecule has 0 spiro atoms.